The molecule has 0 aromatic carbocycles. The van der Waals surface area contributed by atoms with Crippen molar-refractivity contribution in [2.45, 2.75) is 19.4 Å². The summed E-state index contributed by atoms with van der Waals surface area (Å²) in [6, 6.07) is 0. The van der Waals surface area contributed by atoms with E-state index in [1.165, 1.54) is 22.9 Å². The molecule has 1 saturated heterocycles. The van der Waals surface area contributed by atoms with Crippen molar-refractivity contribution in [3.8, 4) is 0 Å². The first-order valence-electron chi connectivity index (χ1n) is 4.73. The van der Waals surface area contributed by atoms with E-state index in [0.717, 1.165) is 18.9 Å². The molecule has 1 fully saturated rings. The van der Waals surface area contributed by atoms with Crippen LogP contribution >= 0.6 is 11.3 Å². The van der Waals surface area contributed by atoms with Crippen molar-refractivity contribution in [2.75, 3.05) is 13.1 Å². The van der Waals surface area contributed by atoms with Crippen LogP contribution < -0.4 is 11.1 Å². The van der Waals surface area contributed by atoms with E-state index < -0.39 is 0 Å². The Hall–Kier alpha value is -0.450. The molecule has 1 aliphatic heterocycles. The number of aromatic nitrogens is 1. The predicted molar refractivity (Wildman–Crippen MR) is 54.7 cm³/mol. The van der Waals surface area contributed by atoms with Crippen LogP contribution in [0.5, 0.6) is 0 Å². The maximum atomic E-state index is 5.53. The van der Waals surface area contributed by atoms with Crippen LogP contribution in [0.4, 0.5) is 0 Å². The summed E-state index contributed by atoms with van der Waals surface area (Å²) in [6.07, 6.45) is 4.32. The van der Waals surface area contributed by atoms with Gasteiger partial charge in [0.05, 0.1) is 5.01 Å². The zero-order valence-electron chi connectivity index (χ0n) is 7.62. The number of rotatable bonds is 3. The van der Waals surface area contributed by atoms with Crippen LogP contribution in [-0.4, -0.2) is 18.1 Å². The Labute approximate surface area is 82.4 Å². The molecule has 2 heterocycles. The van der Waals surface area contributed by atoms with E-state index in [0.29, 0.717) is 6.54 Å². The number of thiazole rings is 1. The molecule has 1 aromatic heterocycles. The van der Waals surface area contributed by atoms with Crippen LogP contribution in [0.25, 0.3) is 0 Å². The van der Waals surface area contributed by atoms with Crippen LogP contribution in [-0.2, 0) is 13.0 Å². The molecule has 0 saturated carbocycles. The number of nitrogens with one attached hydrogen (secondary N) is 1. The third-order valence-electron chi connectivity index (χ3n) is 2.43. The van der Waals surface area contributed by atoms with Gasteiger partial charge in [-0.3, -0.25) is 0 Å². The zero-order chi connectivity index (χ0) is 9.10. The van der Waals surface area contributed by atoms with Crippen molar-refractivity contribution in [2.24, 2.45) is 11.7 Å². The van der Waals surface area contributed by atoms with Gasteiger partial charge < -0.3 is 11.1 Å². The van der Waals surface area contributed by atoms with Crippen LogP contribution in [0.15, 0.2) is 6.20 Å². The molecule has 0 radical (unpaired) electrons. The summed E-state index contributed by atoms with van der Waals surface area (Å²) in [5, 5.41) is 4.61. The van der Waals surface area contributed by atoms with E-state index in [-0.39, 0.29) is 0 Å². The standard InChI is InChI=1S/C9H15N3S/c10-4-8-6-12-9(13-8)3-7-1-2-11-5-7/h6-7,11H,1-5,10H2. The van der Waals surface area contributed by atoms with Crippen molar-refractivity contribution in [3.63, 3.8) is 0 Å². The number of nitrogens with zero attached hydrogens (tertiary/aromatic N) is 1. The highest BCUT2D eigenvalue weighted by Gasteiger charge is 2.16. The van der Waals surface area contributed by atoms with Gasteiger partial charge >= 0.3 is 0 Å². The topological polar surface area (TPSA) is 50.9 Å². The van der Waals surface area contributed by atoms with Crippen molar-refractivity contribution in [3.05, 3.63) is 16.1 Å². The van der Waals surface area contributed by atoms with Gasteiger partial charge in [-0.1, -0.05) is 0 Å². The lowest BCUT2D eigenvalue weighted by atomic mass is 10.1. The SMILES string of the molecule is NCc1cnc(CC2CCNC2)s1. The van der Waals surface area contributed by atoms with Gasteiger partial charge in [0.2, 0.25) is 0 Å². The molecule has 1 aliphatic rings. The van der Waals surface area contributed by atoms with E-state index in [1.54, 1.807) is 11.3 Å². The van der Waals surface area contributed by atoms with Gasteiger partial charge in [-0.05, 0) is 25.4 Å². The van der Waals surface area contributed by atoms with Crippen molar-refractivity contribution < 1.29 is 0 Å². The molecule has 1 atom stereocenters. The monoisotopic (exact) mass is 197 g/mol. The molecule has 0 aliphatic carbocycles. The first kappa shape index (κ1) is 9.12. The highest BCUT2D eigenvalue weighted by molar-refractivity contribution is 7.11. The number of nitrogens with two attached hydrogens (primary N) is 1. The summed E-state index contributed by atoms with van der Waals surface area (Å²) >= 11 is 1.76. The lowest BCUT2D eigenvalue weighted by Crippen LogP contribution is -2.10. The normalized spacial score (nSPS) is 22.4. The summed E-state index contributed by atoms with van der Waals surface area (Å²) in [5.74, 6) is 0.789. The Morgan fingerprint density at radius 3 is 3.23 bits per heavy atom. The van der Waals surface area contributed by atoms with Gasteiger partial charge in [0.25, 0.3) is 0 Å². The maximum absolute atomic E-state index is 5.53. The summed E-state index contributed by atoms with van der Waals surface area (Å²) < 4.78 is 0. The van der Waals surface area contributed by atoms with E-state index in [1.807, 2.05) is 6.20 Å². The molecule has 4 heteroatoms. The smallest absolute Gasteiger partial charge is 0.0931 e. The Balaban J connectivity index is 1.92. The molecule has 3 N–H and O–H groups in total. The highest BCUT2D eigenvalue weighted by atomic mass is 32.1. The first-order valence-corrected chi connectivity index (χ1v) is 5.54. The zero-order valence-corrected chi connectivity index (χ0v) is 8.44. The van der Waals surface area contributed by atoms with Gasteiger partial charge in [0.1, 0.15) is 0 Å². The van der Waals surface area contributed by atoms with Crippen molar-refractivity contribution in [1.29, 1.82) is 0 Å². The second-order valence-corrected chi connectivity index (χ2v) is 4.69. The van der Waals surface area contributed by atoms with Gasteiger partial charge in [-0.25, -0.2) is 4.98 Å². The molecular weight excluding hydrogens is 182 g/mol. The van der Waals surface area contributed by atoms with Gasteiger partial charge in [0.15, 0.2) is 0 Å². The number of hydrogen-bond donors (Lipinski definition) is 2. The third-order valence-corrected chi connectivity index (χ3v) is 3.47. The highest BCUT2D eigenvalue weighted by Crippen LogP contribution is 2.19. The maximum Gasteiger partial charge on any atom is 0.0931 e. The minimum absolute atomic E-state index is 0.626. The minimum Gasteiger partial charge on any atom is -0.326 e. The fraction of sp³-hybridized carbons (Fsp3) is 0.667. The van der Waals surface area contributed by atoms with Crippen molar-refractivity contribution >= 4 is 11.3 Å². The fourth-order valence-electron chi connectivity index (χ4n) is 1.67. The third kappa shape index (κ3) is 2.27. The second kappa shape index (κ2) is 4.17. The molecular formula is C9H15N3S. The van der Waals surface area contributed by atoms with Gasteiger partial charge in [-0.15, -0.1) is 11.3 Å². The molecule has 0 amide bonds. The molecule has 13 heavy (non-hydrogen) atoms. The minimum atomic E-state index is 0.626. The average Bonchev–Trinajstić information content (AvgIpc) is 2.76. The van der Waals surface area contributed by atoms with Gasteiger partial charge in [0, 0.05) is 24.0 Å². The van der Waals surface area contributed by atoms with Crippen LogP contribution in [0.3, 0.4) is 0 Å². The number of hydrogen-bond acceptors (Lipinski definition) is 4. The molecule has 1 aromatic rings. The Morgan fingerprint density at radius 1 is 1.69 bits per heavy atom. The quantitative estimate of drug-likeness (QED) is 0.752. The average molecular weight is 197 g/mol. The molecule has 72 valence electrons. The summed E-state index contributed by atoms with van der Waals surface area (Å²) in [6.45, 7) is 2.94. The molecule has 0 spiro atoms. The van der Waals surface area contributed by atoms with E-state index in [9.17, 15) is 0 Å². The largest absolute Gasteiger partial charge is 0.326 e. The lowest BCUT2D eigenvalue weighted by molar-refractivity contribution is 0.578. The Kier molecular flexibility index (Phi) is 2.93. The second-order valence-electron chi connectivity index (χ2n) is 3.49. The van der Waals surface area contributed by atoms with Gasteiger partial charge in [-0.2, -0.15) is 0 Å². The lowest BCUT2D eigenvalue weighted by Gasteiger charge is -2.03. The molecule has 2 rings (SSSR count). The van der Waals surface area contributed by atoms with Crippen LogP contribution in [0.1, 0.15) is 16.3 Å². The molecule has 3 nitrogen and oxygen atoms in total. The fourth-order valence-corrected chi connectivity index (χ4v) is 2.59. The first-order chi connectivity index (χ1) is 6.38. The predicted octanol–water partition coefficient (Wildman–Crippen LogP) is 0.754. The van der Waals surface area contributed by atoms with Crippen LogP contribution in [0, 0.1) is 5.92 Å². The van der Waals surface area contributed by atoms with E-state index >= 15 is 0 Å². The van der Waals surface area contributed by atoms with E-state index in [2.05, 4.69) is 10.3 Å². The van der Waals surface area contributed by atoms with Crippen molar-refractivity contribution in [1.82, 2.24) is 10.3 Å². The summed E-state index contributed by atoms with van der Waals surface area (Å²) in [4.78, 5) is 5.56. The van der Waals surface area contributed by atoms with E-state index in [4.69, 9.17) is 5.73 Å². The molecule has 1 unspecified atom stereocenters. The molecule has 0 bridgehead atoms. The van der Waals surface area contributed by atoms with Crippen LogP contribution in [0.2, 0.25) is 0 Å². The Morgan fingerprint density at radius 2 is 2.62 bits per heavy atom. The summed E-state index contributed by atoms with van der Waals surface area (Å²) in [7, 11) is 0. The Bertz CT molecular complexity index is 266. The summed E-state index contributed by atoms with van der Waals surface area (Å²) in [5.41, 5.74) is 5.53.